The molecule has 0 aromatic heterocycles. The van der Waals surface area contributed by atoms with Crippen molar-refractivity contribution in [2.75, 3.05) is 19.1 Å². The lowest BCUT2D eigenvalue weighted by Gasteiger charge is -2.12. The fraction of sp³-hybridized carbons (Fsp3) is 0.174. The van der Waals surface area contributed by atoms with Crippen molar-refractivity contribution in [3.05, 3.63) is 83.9 Å². The Kier molecular flexibility index (Phi) is 6.90. The molecule has 144 valence electrons. The van der Waals surface area contributed by atoms with Gasteiger partial charge in [0, 0.05) is 0 Å². The standard InChI is InChI=1S/C23H24N2O3/c1-3-27-23-15-19(16-24-25-20-10-12-21(26-2)13-11-20)9-14-22(23)28-17-18-7-5-4-6-8-18/h4-16,25H,3,17H2,1-2H3/b24-16+. The van der Waals surface area contributed by atoms with Gasteiger partial charge in [0.1, 0.15) is 12.4 Å². The third-order valence-corrected chi connectivity index (χ3v) is 4.00. The van der Waals surface area contributed by atoms with Crippen LogP contribution in [0, 0.1) is 0 Å². The van der Waals surface area contributed by atoms with Crippen LogP contribution in [0.2, 0.25) is 0 Å². The molecule has 0 aliphatic carbocycles. The Morgan fingerprint density at radius 1 is 0.893 bits per heavy atom. The first-order chi connectivity index (χ1) is 13.8. The number of hydrogen-bond donors (Lipinski definition) is 1. The zero-order valence-electron chi connectivity index (χ0n) is 16.1. The van der Waals surface area contributed by atoms with Crippen LogP contribution in [0.3, 0.4) is 0 Å². The average molecular weight is 376 g/mol. The van der Waals surface area contributed by atoms with Crippen molar-refractivity contribution < 1.29 is 14.2 Å². The number of rotatable bonds is 9. The quantitative estimate of drug-likeness (QED) is 0.416. The Hall–Kier alpha value is -3.47. The second-order valence-electron chi connectivity index (χ2n) is 6.01. The summed E-state index contributed by atoms with van der Waals surface area (Å²) < 4.78 is 16.8. The van der Waals surface area contributed by atoms with Crippen LogP contribution in [-0.2, 0) is 6.61 Å². The third kappa shape index (κ3) is 5.51. The molecular formula is C23H24N2O3. The maximum Gasteiger partial charge on any atom is 0.161 e. The Bertz CT molecular complexity index is 893. The number of hydrogen-bond acceptors (Lipinski definition) is 5. The summed E-state index contributed by atoms with van der Waals surface area (Å²) in [5.41, 5.74) is 5.90. The summed E-state index contributed by atoms with van der Waals surface area (Å²) in [5, 5.41) is 4.28. The van der Waals surface area contributed by atoms with Gasteiger partial charge in [-0.15, -0.1) is 0 Å². The van der Waals surface area contributed by atoms with Crippen LogP contribution in [0.25, 0.3) is 0 Å². The molecule has 5 heteroatoms. The second-order valence-corrected chi connectivity index (χ2v) is 6.01. The molecule has 0 aliphatic rings. The molecule has 0 fully saturated rings. The highest BCUT2D eigenvalue weighted by Crippen LogP contribution is 2.29. The van der Waals surface area contributed by atoms with E-state index in [9.17, 15) is 0 Å². The summed E-state index contributed by atoms with van der Waals surface area (Å²) in [5.74, 6) is 2.22. The van der Waals surface area contributed by atoms with Crippen LogP contribution in [0.15, 0.2) is 77.9 Å². The maximum absolute atomic E-state index is 5.93. The van der Waals surface area contributed by atoms with E-state index in [4.69, 9.17) is 14.2 Å². The molecule has 0 saturated heterocycles. The molecule has 0 saturated carbocycles. The van der Waals surface area contributed by atoms with Gasteiger partial charge in [0.05, 0.1) is 25.6 Å². The number of nitrogens with zero attached hydrogens (tertiary/aromatic N) is 1. The van der Waals surface area contributed by atoms with E-state index < -0.39 is 0 Å². The van der Waals surface area contributed by atoms with Crippen molar-refractivity contribution in [2.45, 2.75) is 13.5 Å². The summed E-state index contributed by atoms with van der Waals surface area (Å²) in [6, 6.07) is 23.4. The monoisotopic (exact) mass is 376 g/mol. The van der Waals surface area contributed by atoms with Crippen LogP contribution < -0.4 is 19.6 Å². The molecule has 0 spiro atoms. The number of ether oxygens (including phenoxy) is 3. The molecule has 3 aromatic carbocycles. The highest BCUT2D eigenvalue weighted by Gasteiger charge is 2.06. The molecule has 1 N–H and O–H groups in total. The maximum atomic E-state index is 5.93. The summed E-state index contributed by atoms with van der Waals surface area (Å²) in [6.45, 7) is 3.01. The lowest BCUT2D eigenvalue weighted by Crippen LogP contribution is -2.00. The fourth-order valence-electron chi connectivity index (χ4n) is 2.57. The molecule has 0 radical (unpaired) electrons. The summed E-state index contributed by atoms with van der Waals surface area (Å²) in [4.78, 5) is 0. The van der Waals surface area contributed by atoms with E-state index in [-0.39, 0.29) is 0 Å². The van der Waals surface area contributed by atoms with Crippen LogP contribution in [0.4, 0.5) is 5.69 Å². The van der Waals surface area contributed by atoms with E-state index in [0.29, 0.717) is 24.7 Å². The molecule has 0 amide bonds. The van der Waals surface area contributed by atoms with Gasteiger partial charge < -0.3 is 14.2 Å². The molecule has 0 aliphatic heterocycles. The molecular weight excluding hydrogens is 352 g/mol. The third-order valence-electron chi connectivity index (χ3n) is 4.00. The van der Waals surface area contributed by atoms with Crippen molar-refractivity contribution in [1.29, 1.82) is 0 Å². The minimum Gasteiger partial charge on any atom is -0.497 e. The van der Waals surface area contributed by atoms with Crippen LogP contribution in [0.1, 0.15) is 18.1 Å². The molecule has 3 rings (SSSR count). The first kappa shape index (κ1) is 19.3. The van der Waals surface area contributed by atoms with Gasteiger partial charge in [0.25, 0.3) is 0 Å². The van der Waals surface area contributed by atoms with Gasteiger partial charge in [-0.05, 0) is 60.5 Å². The first-order valence-electron chi connectivity index (χ1n) is 9.15. The van der Waals surface area contributed by atoms with E-state index in [1.807, 2.05) is 79.7 Å². The van der Waals surface area contributed by atoms with Crippen molar-refractivity contribution in [1.82, 2.24) is 0 Å². The summed E-state index contributed by atoms with van der Waals surface area (Å²) in [7, 11) is 1.64. The van der Waals surface area contributed by atoms with E-state index in [0.717, 1.165) is 22.6 Å². The van der Waals surface area contributed by atoms with Gasteiger partial charge in [-0.2, -0.15) is 5.10 Å². The lowest BCUT2D eigenvalue weighted by atomic mass is 10.2. The molecule has 0 bridgehead atoms. The first-order valence-corrected chi connectivity index (χ1v) is 9.15. The molecule has 28 heavy (non-hydrogen) atoms. The van der Waals surface area contributed by atoms with Gasteiger partial charge in [-0.1, -0.05) is 30.3 Å². The van der Waals surface area contributed by atoms with Crippen LogP contribution >= 0.6 is 0 Å². The largest absolute Gasteiger partial charge is 0.497 e. The van der Waals surface area contributed by atoms with Crippen LogP contribution in [-0.4, -0.2) is 19.9 Å². The number of nitrogens with one attached hydrogen (secondary N) is 1. The number of benzene rings is 3. The molecule has 3 aromatic rings. The predicted molar refractivity (Wildman–Crippen MR) is 113 cm³/mol. The fourth-order valence-corrected chi connectivity index (χ4v) is 2.57. The second kappa shape index (κ2) is 10.0. The number of anilines is 1. The zero-order chi connectivity index (χ0) is 19.6. The Morgan fingerprint density at radius 3 is 2.39 bits per heavy atom. The number of hydrazone groups is 1. The minimum atomic E-state index is 0.493. The van der Waals surface area contributed by atoms with Gasteiger partial charge in [-0.3, -0.25) is 5.43 Å². The van der Waals surface area contributed by atoms with Crippen molar-refractivity contribution in [2.24, 2.45) is 5.10 Å². The number of methoxy groups -OCH3 is 1. The van der Waals surface area contributed by atoms with Crippen molar-refractivity contribution in [3.63, 3.8) is 0 Å². The van der Waals surface area contributed by atoms with E-state index in [1.165, 1.54) is 0 Å². The summed E-state index contributed by atoms with van der Waals surface area (Å²) in [6.07, 6.45) is 1.74. The minimum absolute atomic E-state index is 0.493. The van der Waals surface area contributed by atoms with E-state index in [2.05, 4.69) is 10.5 Å². The normalized spacial score (nSPS) is 10.6. The topological polar surface area (TPSA) is 52.1 Å². The lowest BCUT2D eigenvalue weighted by molar-refractivity contribution is 0.269. The molecule has 0 heterocycles. The average Bonchev–Trinajstić information content (AvgIpc) is 2.75. The molecule has 0 unspecified atom stereocenters. The van der Waals surface area contributed by atoms with Gasteiger partial charge in [0.2, 0.25) is 0 Å². The van der Waals surface area contributed by atoms with Gasteiger partial charge >= 0.3 is 0 Å². The Balaban J connectivity index is 1.65. The summed E-state index contributed by atoms with van der Waals surface area (Å²) >= 11 is 0. The van der Waals surface area contributed by atoms with E-state index in [1.54, 1.807) is 13.3 Å². The molecule has 5 nitrogen and oxygen atoms in total. The van der Waals surface area contributed by atoms with Gasteiger partial charge in [0.15, 0.2) is 11.5 Å². The molecule has 0 atom stereocenters. The van der Waals surface area contributed by atoms with Gasteiger partial charge in [-0.25, -0.2) is 0 Å². The van der Waals surface area contributed by atoms with E-state index >= 15 is 0 Å². The Morgan fingerprint density at radius 2 is 1.68 bits per heavy atom. The highest BCUT2D eigenvalue weighted by atomic mass is 16.5. The Labute approximate surface area is 165 Å². The smallest absolute Gasteiger partial charge is 0.161 e. The SMILES string of the molecule is CCOc1cc(/C=N/Nc2ccc(OC)cc2)ccc1OCc1ccccc1. The van der Waals surface area contributed by atoms with Crippen molar-refractivity contribution in [3.8, 4) is 17.2 Å². The van der Waals surface area contributed by atoms with Crippen molar-refractivity contribution >= 4 is 11.9 Å². The highest BCUT2D eigenvalue weighted by molar-refractivity contribution is 5.81. The van der Waals surface area contributed by atoms with Crippen LogP contribution in [0.5, 0.6) is 17.2 Å². The predicted octanol–water partition coefficient (Wildman–Crippen LogP) is 5.12. The zero-order valence-corrected chi connectivity index (χ0v) is 16.1.